The maximum absolute atomic E-state index is 2.44. The molecule has 0 amide bonds. The minimum Gasteiger partial charge on any atom is -0.0625 e. The summed E-state index contributed by atoms with van der Waals surface area (Å²) in [7, 11) is 0. The summed E-state index contributed by atoms with van der Waals surface area (Å²) in [6, 6.07) is 0. The summed E-state index contributed by atoms with van der Waals surface area (Å²) < 4.78 is 0. The van der Waals surface area contributed by atoms with Crippen LogP contribution in [0.4, 0.5) is 0 Å². The zero-order valence-corrected chi connectivity index (χ0v) is 7.35. The van der Waals surface area contributed by atoms with Gasteiger partial charge in [-0.2, -0.15) is 0 Å². The molecule has 0 nitrogen and oxygen atoms in total. The van der Waals surface area contributed by atoms with E-state index in [-0.39, 0.29) is 0 Å². The van der Waals surface area contributed by atoms with Crippen molar-refractivity contribution in [3.8, 4) is 0 Å². The standard InChI is InChI=1S/C10H18/c1-7-4-5-8-9(6-7)10(8,2)3/h7-9H,4-6H2,1-3H3/t7-,8?,9?/m0/s1. The molecule has 0 aromatic rings. The molecular formula is C10H18. The van der Waals surface area contributed by atoms with Crippen LogP contribution in [0.3, 0.4) is 0 Å². The van der Waals surface area contributed by atoms with Crippen LogP contribution in [0.25, 0.3) is 0 Å². The van der Waals surface area contributed by atoms with E-state index in [4.69, 9.17) is 0 Å². The Morgan fingerprint density at radius 1 is 1.10 bits per heavy atom. The van der Waals surface area contributed by atoms with Crippen LogP contribution in [0, 0.1) is 23.2 Å². The molecule has 3 atom stereocenters. The van der Waals surface area contributed by atoms with Crippen molar-refractivity contribution in [2.75, 3.05) is 0 Å². The molecule has 2 aliphatic rings. The number of fused-ring (bicyclic) bond motifs is 1. The van der Waals surface area contributed by atoms with Crippen molar-refractivity contribution in [1.29, 1.82) is 0 Å². The predicted octanol–water partition coefficient (Wildman–Crippen LogP) is 3.08. The molecular weight excluding hydrogens is 120 g/mol. The Labute approximate surface area is 64.0 Å². The normalized spacial score (nSPS) is 50.1. The fourth-order valence-corrected chi connectivity index (χ4v) is 2.91. The van der Waals surface area contributed by atoms with Crippen LogP contribution in [0.1, 0.15) is 40.0 Å². The lowest BCUT2D eigenvalue weighted by molar-refractivity contribution is 0.367. The molecule has 0 aromatic carbocycles. The lowest BCUT2D eigenvalue weighted by atomic mass is 9.91. The smallest absolute Gasteiger partial charge is 0.0292 e. The van der Waals surface area contributed by atoms with E-state index in [1.165, 1.54) is 19.3 Å². The van der Waals surface area contributed by atoms with Gasteiger partial charge >= 0.3 is 0 Å². The molecule has 0 heteroatoms. The molecule has 58 valence electrons. The molecule has 0 aromatic heterocycles. The molecule has 2 unspecified atom stereocenters. The lowest BCUT2D eigenvalue weighted by Gasteiger charge is -2.15. The summed E-state index contributed by atoms with van der Waals surface area (Å²) in [6.07, 6.45) is 4.51. The first-order valence-corrected chi connectivity index (χ1v) is 4.62. The van der Waals surface area contributed by atoms with E-state index in [2.05, 4.69) is 20.8 Å². The van der Waals surface area contributed by atoms with Crippen molar-refractivity contribution < 1.29 is 0 Å². The second-order valence-electron chi connectivity index (χ2n) is 4.95. The van der Waals surface area contributed by atoms with Gasteiger partial charge in [0.05, 0.1) is 0 Å². The van der Waals surface area contributed by atoms with Gasteiger partial charge in [-0.1, -0.05) is 27.2 Å². The predicted molar refractivity (Wildman–Crippen MR) is 43.8 cm³/mol. The van der Waals surface area contributed by atoms with Gasteiger partial charge in [-0.3, -0.25) is 0 Å². The van der Waals surface area contributed by atoms with Gasteiger partial charge in [0.1, 0.15) is 0 Å². The largest absolute Gasteiger partial charge is 0.0625 e. The highest BCUT2D eigenvalue weighted by molar-refractivity contribution is 5.07. The SMILES string of the molecule is C[C@H]1CCC2C(C1)C2(C)C. The van der Waals surface area contributed by atoms with Crippen molar-refractivity contribution >= 4 is 0 Å². The quantitative estimate of drug-likeness (QED) is 0.482. The van der Waals surface area contributed by atoms with Crippen molar-refractivity contribution in [1.82, 2.24) is 0 Å². The van der Waals surface area contributed by atoms with Gasteiger partial charge in [0.15, 0.2) is 0 Å². The zero-order chi connectivity index (χ0) is 7.35. The summed E-state index contributed by atoms with van der Waals surface area (Å²) in [5, 5.41) is 0. The highest BCUT2D eigenvalue weighted by Gasteiger charge is 2.58. The van der Waals surface area contributed by atoms with E-state index in [0.29, 0.717) is 0 Å². The molecule has 2 aliphatic carbocycles. The molecule has 0 saturated heterocycles. The Kier molecular flexibility index (Phi) is 1.19. The molecule has 2 fully saturated rings. The fraction of sp³-hybridized carbons (Fsp3) is 1.00. The van der Waals surface area contributed by atoms with E-state index in [9.17, 15) is 0 Å². The summed E-state index contributed by atoms with van der Waals surface area (Å²) >= 11 is 0. The Balaban J connectivity index is 2.04. The van der Waals surface area contributed by atoms with Crippen molar-refractivity contribution in [3.05, 3.63) is 0 Å². The van der Waals surface area contributed by atoms with Gasteiger partial charge in [0.25, 0.3) is 0 Å². The van der Waals surface area contributed by atoms with Crippen LogP contribution < -0.4 is 0 Å². The average Bonchev–Trinajstić information content (AvgIpc) is 2.36. The molecule has 2 saturated carbocycles. The van der Waals surface area contributed by atoms with Crippen molar-refractivity contribution in [2.45, 2.75) is 40.0 Å². The molecule has 0 N–H and O–H groups in total. The van der Waals surface area contributed by atoms with Crippen LogP contribution >= 0.6 is 0 Å². The van der Waals surface area contributed by atoms with Gasteiger partial charge < -0.3 is 0 Å². The molecule has 0 spiro atoms. The van der Waals surface area contributed by atoms with Crippen LogP contribution in [0.15, 0.2) is 0 Å². The van der Waals surface area contributed by atoms with Gasteiger partial charge in [-0.25, -0.2) is 0 Å². The Morgan fingerprint density at radius 3 is 2.30 bits per heavy atom. The van der Waals surface area contributed by atoms with Gasteiger partial charge in [0.2, 0.25) is 0 Å². The van der Waals surface area contributed by atoms with E-state index in [1.807, 2.05) is 0 Å². The summed E-state index contributed by atoms with van der Waals surface area (Å²) in [5.74, 6) is 3.21. The summed E-state index contributed by atoms with van der Waals surface area (Å²) in [6.45, 7) is 7.30. The summed E-state index contributed by atoms with van der Waals surface area (Å²) in [5.41, 5.74) is 0.727. The monoisotopic (exact) mass is 138 g/mol. The van der Waals surface area contributed by atoms with Crippen LogP contribution in [0.2, 0.25) is 0 Å². The van der Waals surface area contributed by atoms with Gasteiger partial charge in [0, 0.05) is 0 Å². The van der Waals surface area contributed by atoms with Gasteiger partial charge in [-0.05, 0) is 36.0 Å². The van der Waals surface area contributed by atoms with Gasteiger partial charge in [-0.15, -0.1) is 0 Å². The Bertz CT molecular complexity index is 146. The van der Waals surface area contributed by atoms with Crippen molar-refractivity contribution in [2.24, 2.45) is 23.2 Å². The Hall–Kier alpha value is 0. The molecule has 0 bridgehead atoms. The summed E-state index contributed by atoms with van der Waals surface area (Å²) in [4.78, 5) is 0. The minimum atomic E-state index is 0.727. The molecule has 0 heterocycles. The second kappa shape index (κ2) is 1.78. The Morgan fingerprint density at radius 2 is 1.80 bits per heavy atom. The van der Waals surface area contributed by atoms with E-state index in [0.717, 1.165) is 23.2 Å². The number of rotatable bonds is 0. The maximum atomic E-state index is 2.44. The molecule has 0 radical (unpaired) electrons. The van der Waals surface area contributed by atoms with E-state index >= 15 is 0 Å². The van der Waals surface area contributed by atoms with Crippen LogP contribution in [-0.2, 0) is 0 Å². The zero-order valence-electron chi connectivity index (χ0n) is 7.35. The third-order valence-corrected chi connectivity index (χ3v) is 3.91. The first-order valence-electron chi connectivity index (χ1n) is 4.62. The first-order chi connectivity index (χ1) is 4.62. The number of hydrogen-bond acceptors (Lipinski definition) is 0. The van der Waals surface area contributed by atoms with Crippen molar-refractivity contribution in [3.63, 3.8) is 0 Å². The van der Waals surface area contributed by atoms with E-state index < -0.39 is 0 Å². The first kappa shape index (κ1) is 6.69. The molecule has 2 rings (SSSR count). The maximum Gasteiger partial charge on any atom is -0.0292 e. The molecule has 10 heavy (non-hydrogen) atoms. The highest BCUT2D eigenvalue weighted by atomic mass is 14.6. The average molecular weight is 138 g/mol. The van der Waals surface area contributed by atoms with Crippen LogP contribution in [-0.4, -0.2) is 0 Å². The lowest BCUT2D eigenvalue weighted by Crippen LogP contribution is -2.03. The molecule has 0 aliphatic heterocycles. The topological polar surface area (TPSA) is 0 Å². The minimum absolute atomic E-state index is 0.727. The number of hydrogen-bond donors (Lipinski definition) is 0. The van der Waals surface area contributed by atoms with E-state index in [1.54, 1.807) is 0 Å². The highest BCUT2D eigenvalue weighted by Crippen LogP contribution is 2.65. The second-order valence-corrected chi connectivity index (χ2v) is 4.95. The third-order valence-electron chi connectivity index (χ3n) is 3.91. The third kappa shape index (κ3) is 0.741. The van der Waals surface area contributed by atoms with Crippen LogP contribution in [0.5, 0.6) is 0 Å². The fourth-order valence-electron chi connectivity index (χ4n) is 2.91.